The Morgan fingerprint density at radius 1 is 1.17 bits per heavy atom. The van der Waals surface area contributed by atoms with Gasteiger partial charge in [-0.25, -0.2) is 9.78 Å². The Morgan fingerprint density at radius 3 is 2.63 bits per heavy atom. The Balaban J connectivity index is 1.32. The lowest BCUT2D eigenvalue weighted by Gasteiger charge is -2.31. The first-order valence-corrected chi connectivity index (χ1v) is 10.8. The Bertz CT molecular complexity index is 1050. The molecule has 1 fully saturated rings. The molecule has 1 saturated heterocycles. The highest BCUT2D eigenvalue weighted by molar-refractivity contribution is 7.20. The molecule has 9 heteroatoms. The van der Waals surface area contributed by atoms with Crippen LogP contribution >= 0.6 is 22.9 Å². The Kier molecular flexibility index (Phi) is 6.15. The van der Waals surface area contributed by atoms with Crippen LogP contribution in [0.25, 0.3) is 10.2 Å². The number of ether oxygens (including phenoxy) is 3. The second-order valence-corrected chi connectivity index (χ2v) is 8.27. The molecule has 1 aromatic heterocycles. The van der Waals surface area contributed by atoms with Crippen molar-refractivity contribution in [3.8, 4) is 16.7 Å². The predicted octanol–water partition coefficient (Wildman–Crippen LogP) is 5.04. The van der Waals surface area contributed by atoms with Crippen molar-refractivity contribution in [2.45, 2.75) is 18.9 Å². The first-order valence-electron chi connectivity index (χ1n) is 9.57. The minimum atomic E-state index is -0.146. The third kappa shape index (κ3) is 4.39. The minimum Gasteiger partial charge on any atom is -0.493 e. The van der Waals surface area contributed by atoms with Gasteiger partial charge in [0.1, 0.15) is 11.6 Å². The van der Waals surface area contributed by atoms with E-state index in [1.54, 1.807) is 37.3 Å². The van der Waals surface area contributed by atoms with Gasteiger partial charge < -0.3 is 24.4 Å². The Hall–Kier alpha value is -2.71. The molecule has 1 N–H and O–H groups in total. The minimum absolute atomic E-state index is 0.0227. The number of piperidine rings is 1. The van der Waals surface area contributed by atoms with Crippen LogP contribution in [-0.2, 0) is 0 Å². The van der Waals surface area contributed by atoms with Crippen LogP contribution in [0.1, 0.15) is 12.8 Å². The van der Waals surface area contributed by atoms with Crippen LogP contribution in [-0.4, -0.2) is 49.3 Å². The van der Waals surface area contributed by atoms with Crippen LogP contribution in [0.5, 0.6) is 16.7 Å². The van der Waals surface area contributed by atoms with E-state index in [0.717, 1.165) is 23.1 Å². The van der Waals surface area contributed by atoms with Gasteiger partial charge in [-0.2, -0.15) is 0 Å². The number of fused-ring (bicyclic) bond motifs is 1. The van der Waals surface area contributed by atoms with E-state index in [-0.39, 0.29) is 12.1 Å². The van der Waals surface area contributed by atoms with Gasteiger partial charge in [0.2, 0.25) is 0 Å². The molecule has 2 amide bonds. The average Bonchev–Trinajstić information content (AvgIpc) is 3.18. The van der Waals surface area contributed by atoms with Crippen molar-refractivity contribution in [1.29, 1.82) is 0 Å². The molecule has 0 bridgehead atoms. The molecular formula is C21H22ClN3O4S. The summed E-state index contributed by atoms with van der Waals surface area (Å²) in [7, 11) is 3.14. The van der Waals surface area contributed by atoms with Crippen molar-refractivity contribution in [3.63, 3.8) is 0 Å². The molecular weight excluding hydrogens is 426 g/mol. The standard InChI is InChI=1S/C21H22ClN3O4S/c1-27-16-7-6-13(12-17(16)28-2)23-20(26)25-10-8-14(9-11-25)29-21-24-19-15(22)4-3-5-18(19)30-21/h3-7,12,14H,8-11H2,1-2H3,(H,23,26). The Morgan fingerprint density at radius 2 is 1.93 bits per heavy atom. The number of nitrogens with one attached hydrogen (secondary N) is 1. The fourth-order valence-corrected chi connectivity index (χ4v) is 4.56. The molecule has 0 radical (unpaired) electrons. The van der Waals surface area contributed by atoms with E-state index in [1.807, 2.05) is 18.2 Å². The molecule has 2 heterocycles. The van der Waals surface area contributed by atoms with E-state index in [2.05, 4.69) is 10.3 Å². The lowest BCUT2D eigenvalue weighted by molar-refractivity contribution is 0.115. The van der Waals surface area contributed by atoms with E-state index in [0.29, 0.717) is 40.5 Å². The van der Waals surface area contributed by atoms with Crippen LogP contribution in [0.2, 0.25) is 5.02 Å². The number of rotatable bonds is 5. The third-order valence-electron chi connectivity index (χ3n) is 4.98. The summed E-state index contributed by atoms with van der Waals surface area (Å²) in [5, 5.41) is 4.15. The second kappa shape index (κ2) is 8.97. The molecule has 0 unspecified atom stereocenters. The summed E-state index contributed by atoms with van der Waals surface area (Å²) >= 11 is 7.68. The number of amides is 2. The summed E-state index contributed by atoms with van der Waals surface area (Å²) in [6.45, 7) is 1.21. The third-order valence-corrected chi connectivity index (χ3v) is 6.20. The number of hydrogen-bond donors (Lipinski definition) is 1. The van der Waals surface area contributed by atoms with E-state index >= 15 is 0 Å². The molecule has 7 nitrogen and oxygen atoms in total. The highest BCUT2D eigenvalue weighted by Gasteiger charge is 2.25. The quantitative estimate of drug-likeness (QED) is 0.593. The SMILES string of the molecule is COc1ccc(NC(=O)N2CCC(Oc3nc4c(Cl)cccc4s3)CC2)cc1OC. The lowest BCUT2D eigenvalue weighted by atomic mass is 10.1. The molecule has 1 aliphatic rings. The van der Waals surface area contributed by atoms with E-state index in [9.17, 15) is 4.79 Å². The molecule has 0 saturated carbocycles. The van der Waals surface area contributed by atoms with Crippen molar-refractivity contribution < 1.29 is 19.0 Å². The summed E-state index contributed by atoms with van der Waals surface area (Å²) in [5.41, 5.74) is 1.42. The smallest absolute Gasteiger partial charge is 0.321 e. The van der Waals surface area contributed by atoms with Crippen LogP contribution < -0.4 is 19.5 Å². The molecule has 0 aliphatic carbocycles. The van der Waals surface area contributed by atoms with Gasteiger partial charge in [-0.3, -0.25) is 0 Å². The number of aromatic nitrogens is 1. The fourth-order valence-electron chi connectivity index (χ4n) is 3.38. The fraction of sp³-hybridized carbons (Fsp3) is 0.333. The van der Waals surface area contributed by atoms with Crippen molar-refractivity contribution >= 4 is 44.9 Å². The number of thiazole rings is 1. The number of methoxy groups -OCH3 is 2. The van der Waals surface area contributed by atoms with E-state index in [4.69, 9.17) is 25.8 Å². The summed E-state index contributed by atoms with van der Waals surface area (Å²) in [6, 6.07) is 10.8. The average molecular weight is 448 g/mol. The van der Waals surface area contributed by atoms with Gasteiger partial charge in [-0.15, -0.1) is 0 Å². The number of anilines is 1. The zero-order valence-electron chi connectivity index (χ0n) is 16.7. The van der Waals surface area contributed by atoms with E-state index < -0.39 is 0 Å². The molecule has 3 aromatic rings. The summed E-state index contributed by atoms with van der Waals surface area (Å²) in [6.07, 6.45) is 1.50. The van der Waals surface area contributed by atoms with Crippen molar-refractivity contribution in [1.82, 2.24) is 9.88 Å². The number of urea groups is 1. The van der Waals surface area contributed by atoms with Gasteiger partial charge in [0.25, 0.3) is 5.19 Å². The topological polar surface area (TPSA) is 72.9 Å². The number of para-hydroxylation sites is 1. The summed E-state index contributed by atoms with van der Waals surface area (Å²) in [5.74, 6) is 1.18. The number of halogens is 1. The first-order chi connectivity index (χ1) is 14.6. The van der Waals surface area contributed by atoms with Gasteiger partial charge in [-0.05, 0) is 24.3 Å². The van der Waals surface area contributed by atoms with Crippen molar-refractivity contribution in [2.24, 2.45) is 0 Å². The molecule has 0 atom stereocenters. The number of hydrogen-bond acceptors (Lipinski definition) is 6. The monoisotopic (exact) mass is 447 g/mol. The maximum absolute atomic E-state index is 12.6. The van der Waals surface area contributed by atoms with Crippen LogP contribution in [0.15, 0.2) is 36.4 Å². The van der Waals surface area contributed by atoms with Crippen LogP contribution in [0.4, 0.5) is 10.5 Å². The lowest BCUT2D eigenvalue weighted by Crippen LogP contribution is -2.43. The second-order valence-electron chi connectivity index (χ2n) is 6.87. The van der Waals surface area contributed by atoms with E-state index in [1.165, 1.54) is 11.3 Å². The number of likely N-dealkylation sites (tertiary alicyclic amines) is 1. The zero-order valence-corrected chi connectivity index (χ0v) is 18.3. The molecule has 4 rings (SSSR count). The number of nitrogens with zero attached hydrogens (tertiary/aromatic N) is 2. The van der Waals surface area contributed by atoms with Gasteiger partial charge >= 0.3 is 6.03 Å². The maximum Gasteiger partial charge on any atom is 0.321 e. The number of carbonyl (C=O) groups is 1. The van der Waals surface area contributed by atoms with Crippen LogP contribution in [0, 0.1) is 0 Å². The summed E-state index contributed by atoms with van der Waals surface area (Å²) in [4.78, 5) is 18.9. The summed E-state index contributed by atoms with van der Waals surface area (Å²) < 4.78 is 17.6. The molecule has 0 spiro atoms. The highest BCUT2D eigenvalue weighted by Crippen LogP contribution is 2.33. The first kappa shape index (κ1) is 20.6. The Labute approximate surface area is 183 Å². The highest BCUT2D eigenvalue weighted by atomic mass is 35.5. The van der Waals surface area contributed by atoms with Gasteiger partial charge in [0.15, 0.2) is 11.5 Å². The maximum atomic E-state index is 12.6. The van der Waals surface area contributed by atoms with Crippen molar-refractivity contribution in [2.75, 3.05) is 32.6 Å². The zero-order chi connectivity index (χ0) is 21.1. The van der Waals surface area contributed by atoms with Gasteiger partial charge in [-0.1, -0.05) is 29.0 Å². The molecule has 158 valence electrons. The van der Waals surface area contributed by atoms with Gasteiger partial charge in [0.05, 0.1) is 23.9 Å². The van der Waals surface area contributed by atoms with Gasteiger partial charge in [0, 0.05) is 37.7 Å². The van der Waals surface area contributed by atoms with Crippen molar-refractivity contribution in [3.05, 3.63) is 41.4 Å². The number of carbonyl (C=O) groups excluding carboxylic acids is 1. The molecule has 2 aromatic carbocycles. The number of benzene rings is 2. The predicted molar refractivity (Wildman–Crippen MR) is 118 cm³/mol. The van der Waals surface area contributed by atoms with Crippen LogP contribution in [0.3, 0.4) is 0 Å². The largest absolute Gasteiger partial charge is 0.493 e. The molecule has 30 heavy (non-hydrogen) atoms. The normalized spacial score (nSPS) is 14.6. The molecule has 1 aliphatic heterocycles.